The minimum atomic E-state index is -0.0927. The van der Waals surface area contributed by atoms with Gasteiger partial charge in [0.2, 0.25) is 5.12 Å². The van der Waals surface area contributed by atoms with Crippen LogP contribution < -0.4 is 0 Å². The standard InChI is InChI=1S/C16H8Cl2INOS/c17-10-3-1-2-9(6-10)7-14-16(21)22-15(20-14)12-8-11(19)4-5-13(12)18/h1-8H/b14-7+. The van der Waals surface area contributed by atoms with E-state index in [0.29, 0.717) is 20.8 Å². The van der Waals surface area contributed by atoms with E-state index in [-0.39, 0.29) is 5.12 Å². The zero-order valence-corrected chi connectivity index (χ0v) is 15.5. The number of nitrogens with zero attached hydrogens (tertiary/aromatic N) is 1. The molecule has 6 heteroatoms. The molecular weight excluding hydrogens is 452 g/mol. The van der Waals surface area contributed by atoms with Crippen LogP contribution in [-0.4, -0.2) is 10.2 Å². The van der Waals surface area contributed by atoms with E-state index in [9.17, 15) is 4.79 Å². The predicted molar refractivity (Wildman–Crippen MR) is 103 cm³/mol. The maximum atomic E-state index is 12.1. The fourth-order valence-corrected chi connectivity index (χ4v) is 3.70. The van der Waals surface area contributed by atoms with Crippen molar-refractivity contribution in [2.75, 3.05) is 0 Å². The molecule has 22 heavy (non-hydrogen) atoms. The number of thioether (sulfide) groups is 1. The Morgan fingerprint density at radius 1 is 1.14 bits per heavy atom. The molecule has 1 aliphatic rings. The van der Waals surface area contributed by atoms with Gasteiger partial charge in [0.15, 0.2) is 0 Å². The van der Waals surface area contributed by atoms with Crippen LogP contribution in [0, 0.1) is 3.57 Å². The van der Waals surface area contributed by atoms with Gasteiger partial charge in [0, 0.05) is 14.2 Å². The van der Waals surface area contributed by atoms with Gasteiger partial charge >= 0.3 is 0 Å². The van der Waals surface area contributed by atoms with Crippen molar-refractivity contribution >= 4 is 73.8 Å². The first-order chi connectivity index (χ1) is 10.5. The zero-order chi connectivity index (χ0) is 15.7. The number of rotatable bonds is 2. The number of carbonyl (C=O) groups excluding carboxylic acids is 1. The third kappa shape index (κ3) is 3.56. The van der Waals surface area contributed by atoms with Crippen LogP contribution >= 0.6 is 57.6 Å². The molecule has 0 atom stereocenters. The van der Waals surface area contributed by atoms with Crippen LogP contribution in [0.4, 0.5) is 0 Å². The van der Waals surface area contributed by atoms with Gasteiger partial charge in [0.25, 0.3) is 0 Å². The van der Waals surface area contributed by atoms with Gasteiger partial charge in [-0.25, -0.2) is 4.99 Å². The highest BCUT2D eigenvalue weighted by molar-refractivity contribution is 14.1. The van der Waals surface area contributed by atoms with Crippen LogP contribution in [0.1, 0.15) is 11.1 Å². The first kappa shape index (κ1) is 16.1. The third-order valence-electron chi connectivity index (χ3n) is 2.93. The molecule has 2 nitrogen and oxygen atoms in total. The van der Waals surface area contributed by atoms with Crippen LogP contribution in [0.3, 0.4) is 0 Å². The first-order valence-corrected chi connectivity index (χ1v) is 8.91. The molecule has 2 aromatic rings. The summed E-state index contributed by atoms with van der Waals surface area (Å²) in [6, 6.07) is 12.9. The molecule has 0 aliphatic carbocycles. The molecule has 3 rings (SSSR count). The summed E-state index contributed by atoms with van der Waals surface area (Å²) in [5.41, 5.74) is 2.02. The highest BCUT2D eigenvalue weighted by Gasteiger charge is 2.24. The van der Waals surface area contributed by atoms with Gasteiger partial charge < -0.3 is 0 Å². The molecule has 110 valence electrons. The second-order valence-electron chi connectivity index (χ2n) is 4.52. The number of hydrogen-bond acceptors (Lipinski definition) is 3. The Labute approximate surface area is 155 Å². The summed E-state index contributed by atoms with van der Waals surface area (Å²) in [4.78, 5) is 16.6. The summed E-state index contributed by atoms with van der Waals surface area (Å²) >= 11 is 15.5. The van der Waals surface area contributed by atoms with Gasteiger partial charge in [-0.05, 0) is 76.3 Å². The Bertz CT molecular complexity index is 833. The Morgan fingerprint density at radius 2 is 1.95 bits per heavy atom. The van der Waals surface area contributed by atoms with Crippen LogP contribution in [0.5, 0.6) is 0 Å². The normalized spacial score (nSPS) is 16.2. The lowest BCUT2D eigenvalue weighted by molar-refractivity contribution is -0.107. The molecule has 2 aromatic carbocycles. The SMILES string of the molecule is O=C1SC(c2cc(I)ccc2Cl)=N/C1=C/c1cccc(Cl)c1. The largest absolute Gasteiger partial charge is 0.279 e. The van der Waals surface area contributed by atoms with Crippen molar-refractivity contribution < 1.29 is 4.79 Å². The van der Waals surface area contributed by atoms with E-state index >= 15 is 0 Å². The lowest BCUT2D eigenvalue weighted by Gasteiger charge is -2.02. The molecule has 0 amide bonds. The fourth-order valence-electron chi connectivity index (χ4n) is 1.94. The summed E-state index contributed by atoms with van der Waals surface area (Å²) in [5.74, 6) is 0. The van der Waals surface area contributed by atoms with Gasteiger partial charge in [-0.2, -0.15) is 0 Å². The molecule has 0 saturated carbocycles. The molecular formula is C16H8Cl2INOS. The molecule has 0 radical (unpaired) electrons. The van der Waals surface area contributed by atoms with Crippen LogP contribution in [-0.2, 0) is 4.79 Å². The molecule has 0 saturated heterocycles. The quantitative estimate of drug-likeness (QED) is 0.428. The van der Waals surface area contributed by atoms with Gasteiger partial charge in [-0.15, -0.1) is 0 Å². The van der Waals surface area contributed by atoms with Crippen molar-refractivity contribution in [2.24, 2.45) is 4.99 Å². The van der Waals surface area contributed by atoms with E-state index < -0.39 is 0 Å². The van der Waals surface area contributed by atoms with E-state index in [1.165, 1.54) is 0 Å². The lowest BCUT2D eigenvalue weighted by Crippen LogP contribution is -1.95. The maximum absolute atomic E-state index is 12.1. The summed E-state index contributed by atoms with van der Waals surface area (Å²) in [5, 5.41) is 1.74. The summed E-state index contributed by atoms with van der Waals surface area (Å²) in [7, 11) is 0. The summed E-state index contributed by atoms with van der Waals surface area (Å²) in [6.45, 7) is 0. The van der Waals surface area contributed by atoms with E-state index in [1.54, 1.807) is 18.2 Å². The van der Waals surface area contributed by atoms with Crippen LogP contribution in [0.25, 0.3) is 6.08 Å². The molecule has 1 heterocycles. The first-order valence-electron chi connectivity index (χ1n) is 6.26. The van der Waals surface area contributed by atoms with E-state index in [4.69, 9.17) is 23.2 Å². The molecule has 0 N–H and O–H groups in total. The topological polar surface area (TPSA) is 29.4 Å². The molecule has 0 fully saturated rings. The van der Waals surface area contributed by atoms with Gasteiger partial charge in [0.05, 0.1) is 5.02 Å². The van der Waals surface area contributed by atoms with E-state index in [1.807, 2.05) is 30.3 Å². The van der Waals surface area contributed by atoms with Crippen molar-refractivity contribution in [1.82, 2.24) is 0 Å². The average Bonchev–Trinajstić information content (AvgIpc) is 2.83. The minimum Gasteiger partial charge on any atom is -0.279 e. The number of aliphatic imine (C=N–C) groups is 1. The smallest absolute Gasteiger partial charge is 0.244 e. The third-order valence-corrected chi connectivity index (χ3v) is 5.07. The Morgan fingerprint density at radius 3 is 2.73 bits per heavy atom. The predicted octanol–water partition coefficient (Wildman–Crippen LogP) is 5.66. The Hall–Kier alpha value is -0.820. The summed E-state index contributed by atoms with van der Waals surface area (Å²) < 4.78 is 1.04. The number of carbonyl (C=O) groups is 1. The van der Waals surface area contributed by atoms with Crippen molar-refractivity contribution in [3.8, 4) is 0 Å². The van der Waals surface area contributed by atoms with E-state index in [0.717, 1.165) is 26.5 Å². The highest BCUT2D eigenvalue weighted by atomic mass is 127. The Kier molecular flexibility index (Phi) is 4.92. The Balaban J connectivity index is 2.00. The molecule has 0 bridgehead atoms. The van der Waals surface area contributed by atoms with Crippen molar-refractivity contribution in [3.63, 3.8) is 0 Å². The number of hydrogen-bond donors (Lipinski definition) is 0. The lowest BCUT2D eigenvalue weighted by atomic mass is 10.2. The van der Waals surface area contributed by atoms with Gasteiger partial charge in [-0.1, -0.05) is 35.3 Å². The second kappa shape index (κ2) is 6.74. The maximum Gasteiger partial charge on any atom is 0.244 e. The molecule has 0 unspecified atom stereocenters. The van der Waals surface area contributed by atoms with E-state index in [2.05, 4.69) is 27.6 Å². The monoisotopic (exact) mass is 459 g/mol. The number of halogens is 3. The second-order valence-corrected chi connectivity index (χ2v) is 7.57. The van der Waals surface area contributed by atoms with Crippen molar-refractivity contribution in [2.45, 2.75) is 0 Å². The molecule has 1 aliphatic heterocycles. The molecule has 0 spiro atoms. The highest BCUT2D eigenvalue weighted by Crippen LogP contribution is 2.32. The average molecular weight is 460 g/mol. The summed E-state index contributed by atoms with van der Waals surface area (Å²) in [6.07, 6.45) is 1.73. The number of benzene rings is 2. The minimum absolute atomic E-state index is 0.0927. The zero-order valence-electron chi connectivity index (χ0n) is 11.0. The van der Waals surface area contributed by atoms with Gasteiger partial charge in [0.1, 0.15) is 10.7 Å². The van der Waals surface area contributed by atoms with Gasteiger partial charge in [-0.3, -0.25) is 4.79 Å². The van der Waals surface area contributed by atoms with Crippen molar-refractivity contribution in [3.05, 3.63) is 72.9 Å². The van der Waals surface area contributed by atoms with Crippen molar-refractivity contribution in [1.29, 1.82) is 0 Å². The van der Waals surface area contributed by atoms with Crippen LogP contribution in [0.2, 0.25) is 10.0 Å². The van der Waals surface area contributed by atoms with Crippen LogP contribution in [0.15, 0.2) is 53.2 Å². The fraction of sp³-hybridized carbons (Fsp3) is 0. The molecule has 0 aromatic heterocycles.